The van der Waals surface area contributed by atoms with Gasteiger partial charge in [-0.2, -0.15) is 5.10 Å². The molecule has 2 rings (SSSR count). The summed E-state index contributed by atoms with van der Waals surface area (Å²) in [6.07, 6.45) is 1.73. The molecular formula is C13H14BrN3O2. The zero-order valence-electron chi connectivity index (χ0n) is 10.6. The molecule has 1 aromatic heterocycles. The Labute approximate surface area is 119 Å². The number of nitrogens with one attached hydrogen (secondary N) is 1. The highest BCUT2D eigenvalue weighted by Crippen LogP contribution is 2.24. The number of phenolic OH excluding ortho intramolecular Hbond substituents is 1. The molecule has 0 aliphatic carbocycles. The average Bonchev–Trinajstić information content (AvgIpc) is 2.70. The van der Waals surface area contributed by atoms with Crippen molar-refractivity contribution in [1.82, 2.24) is 15.1 Å². The van der Waals surface area contributed by atoms with Crippen molar-refractivity contribution in [3.8, 4) is 5.75 Å². The van der Waals surface area contributed by atoms with Crippen molar-refractivity contribution in [2.45, 2.75) is 13.5 Å². The van der Waals surface area contributed by atoms with Gasteiger partial charge >= 0.3 is 0 Å². The summed E-state index contributed by atoms with van der Waals surface area (Å²) in [6.45, 7) is 2.36. The van der Waals surface area contributed by atoms with Gasteiger partial charge < -0.3 is 10.4 Å². The number of carbonyl (C=O) groups is 1. The number of nitrogens with zero attached hydrogens (tertiary/aromatic N) is 2. The molecule has 5 nitrogen and oxygen atoms in total. The monoisotopic (exact) mass is 323 g/mol. The predicted molar refractivity (Wildman–Crippen MR) is 74.9 cm³/mol. The molecule has 2 aromatic rings. The Hall–Kier alpha value is -1.82. The summed E-state index contributed by atoms with van der Waals surface area (Å²) in [7, 11) is 1.85. The molecule has 0 saturated carbocycles. The van der Waals surface area contributed by atoms with Crippen molar-refractivity contribution in [2.24, 2.45) is 7.05 Å². The zero-order chi connectivity index (χ0) is 14.0. The number of aromatic nitrogens is 2. The molecule has 0 bridgehead atoms. The van der Waals surface area contributed by atoms with Crippen LogP contribution in [0.2, 0.25) is 0 Å². The van der Waals surface area contributed by atoms with Gasteiger partial charge in [0.15, 0.2) is 0 Å². The third-order valence-electron chi connectivity index (χ3n) is 2.98. The van der Waals surface area contributed by atoms with Gasteiger partial charge in [0.05, 0.1) is 10.7 Å². The lowest BCUT2D eigenvalue weighted by molar-refractivity contribution is 0.0950. The molecule has 1 heterocycles. The Kier molecular flexibility index (Phi) is 3.90. The summed E-state index contributed by atoms with van der Waals surface area (Å²) in [4.78, 5) is 11.9. The van der Waals surface area contributed by atoms with E-state index in [9.17, 15) is 9.90 Å². The van der Waals surface area contributed by atoms with Crippen molar-refractivity contribution in [3.63, 3.8) is 0 Å². The first kappa shape index (κ1) is 13.6. The molecule has 100 valence electrons. The number of amides is 1. The van der Waals surface area contributed by atoms with E-state index < -0.39 is 0 Å². The highest BCUT2D eigenvalue weighted by molar-refractivity contribution is 9.10. The molecule has 1 aromatic carbocycles. The number of aromatic hydroxyl groups is 1. The summed E-state index contributed by atoms with van der Waals surface area (Å²) in [5.41, 5.74) is 2.40. The zero-order valence-corrected chi connectivity index (χ0v) is 12.2. The summed E-state index contributed by atoms with van der Waals surface area (Å²) < 4.78 is 2.32. The largest absolute Gasteiger partial charge is 0.507 e. The molecule has 2 N–H and O–H groups in total. The Morgan fingerprint density at radius 3 is 2.84 bits per heavy atom. The Bertz CT molecular complexity index is 622. The maximum Gasteiger partial charge on any atom is 0.251 e. The summed E-state index contributed by atoms with van der Waals surface area (Å²) in [6, 6.07) is 4.71. The van der Waals surface area contributed by atoms with E-state index in [0.717, 1.165) is 11.3 Å². The number of hydrogen-bond donors (Lipinski definition) is 2. The smallest absolute Gasteiger partial charge is 0.251 e. The summed E-state index contributed by atoms with van der Waals surface area (Å²) >= 11 is 3.17. The number of phenols is 1. The maximum atomic E-state index is 11.9. The third kappa shape index (κ3) is 2.96. The molecule has 0 aliphatic heterocycles. The van der Waals surface area contributed by atoms with Crippen LogP contribution in [-0.2, 0) is 13.6 Å². The minimum Gasteiger partial charge on any atom is -0.507 e. The standard InChI is InChI=1S/C13H14BrN3O2/c1-8-10(7-16-17(8)2)6-15-13(19)9-3-4-11(14)12(18)5-9/h3-5,7,18H,6H2,1-2H3,(H,15,19). The molecular weight excluding hydrogens is 310 g/mol. The number of benzene rings is 1. The molecule has 0 radical (unpaired) electrons. The van der Waals surface area contributed by atoms with Gasteiger partial charge in [0, 0.05) is 30.4 Å². The SMILES string of the molecule is Cc1c(CNC(=O)c2ccc(Br)c(O)c2)cnn1C. The first-order valence-electron chi connectivity index (χ1n) is 5.73. The van der Waals surface area contributed by atoms with Crippen molar-refractivity contribution in [1.29, 1.82) is 0 Å². The van der Waals surface area contributed by atoms with E-state index >= 15 is 0 Å². The minimum atomic E-state index is -0.231. The van der Waals surface area contributed by atoms with Gasteiger partial charge in [0.25, 0.3) is 5.91 Å². The van der Waals surface area contributed by atoms with Gasteiger partial charge in [-0.1, -0.05) is 0 Å². The normalized spacial score (nSPS) is 10.5. The van der Waals surface area contributed by atoms with Gasteiger partial charge in [-0.3, -0.25) is 9.48 Å². The number of rotatable bonds is 3. The van der Waals surface area contributed by atoms with E-state index in [0.29, 0.717) is 16.6 Å². The van der Waals surface area contributed by atoms with Crippen LogP contribution in [0.15, 0.2) is 28.9 Å². The van der Waals surface area contributed by atoms with Crippen LogP contribution in [0.3, 0.4) is 0 Å². The number of halogens is 1. The second kappa shape index (κ2) is 5.44. The van der Waals surface area contributed by atoms with Gasteiger partial charge in [-0.05, 0) is 41.1 Å². The first-order chi connectivity index (χ1) is 8.99. The van der Waals surface area contributed by atoms with Crippen LogP contribution in [0.1, 0.15) is 21.6 Å². The molecule has 0 unspecified atom stereocenters. The number of hydrogen-bond acceptors (Lipinski definition) is 3. The topological polar surface area (TPSA) is 67.2 Å². The number of carbonyl (C=O) groups excluding carboxylic acids is 1. The van der Waals surface area contributed by atoms with Crippen LogP contribution >= 0.6 is 15.9 Å². The highest BCUT2D eigenvalue weighted by atomic mass is 79.9. The van der Waals surface area contributed by atoms with Gasteiger partial charge in [-0.15, -0.1) is 0 Å². The lowest BCUT2D eigenvalue weighted by Crippen LogP contribution is -2.23. The average molecular weight is 324 g/mol. The summed E-state index contributed by atoms with van der Waals surface area (Å²) in [5, 5.41) is 16.5. The fourth-order valence-electron chi connectivity index (χ4n) is 1.65. The predicted octanol–water partition coefficient (Wildman–Crippen LogP) is 2.13. The van der Waals surface area contributed by atoms with E-state index in [4.69, 9.17) is 0 Å². The van der Waals surface area contributed by atoms with Gasteiger partial charge in [0.2, 0.25) is 0 Å². The lowest BCUT2D eigenvalue weighted by Gasteiger charge is -2.06. The second-order valence-electron chi connectivity index (χ2n) is 4.23. The molecule has 1 amide bonds. The van der Waals surface area contributed by atoms with Crippen molar-refractivity contribution >= 4 is 21.8 Å². The fourth-order valence-corrected chi connectivity index (χ4v) is 1.90. The van der Waals surface area contributed by atoms with E-state index in [1.807, 2.05) is 14.0 Å². The van der Waals surface area contributed by atoms with E-state index in [1.165, 1.54) is 6.07 Å². The molecule has 6 heteroatoms. The molecule has 0 atom stereocenters. The van der Waals surface area contributed by atoms with Crippen molar-refractivity contribution in [3.05, 3.63) is 45.7 Å². The van der Waals surface area contributed by atoms with Crippen LogP contribution in [-0.4, -0.2) is 20.8 Å². The van der Waals surface area contributed by atoms with Crippen LogP contribution in [0.5, 0.6) is 5.75 Å². The summed E-state index contributed by atoms with van der Waals surface area (Å²) in [5.74, 6) is -0.184. The fraction of sp³-hybridized carbons (Fsp3) is 0.231. The van der Waals surface area contributed by atoms with E-state index in [-0.39, 0.29) is 11.7 Å². The van der Waals surface area contributed by atoms with Crippen LogP contribution < -0.4 is 5.32 Å². The molecule has 0 saturated heterocycles. The van der Waals surface area contributed by atoms with Gasteiger partial charge in [0.1, 0.15) is 5.75 Å². The van der Waals surface area contributed by atoms with E-state index in [2.05, 4.69) is 26.3 Å². The number of aryl methyl sites for hydroxylation is 1. The molecule has 0 aliphatic rings. The first-order valence-corrected chi connectivity index (χ1v) is 6.52. The lowest BCUT2D eigenvalue weighted by atomic mass is 10.2. The van der Waals surface area contributed by atoms with E-state index in [1.54, 1.807) is 23.0 Å². The van der Waals surface area contributed by atoms with Crippen LogP contribution in [0.4, 0.5) is 0 Å². The van der Waals surface area contributed by atoms with Crippen LogP contribution in [0.25, 0.3) is 0 Å². The highest BCUT2D eigenvalue weighted by Gasteiger charge is 2.09. The molecule has 0 spiro atoms. The Balaban J connectivity index is 2.05. The molecule has 19 heavy (non-hydrogen) atoms. The van der Waals surface area contributed by atoms with Gasteiger partial charge in [-0.25, -0.2) is 0 Å². The van der Waals surface area contributed by atoms with Crippen molar-refractivity contribution in [2.75, 3.05) is 0 Å². The third-order valence-corrected chi connectivity index (χ3v) is 3.66. The minimum absolute atomic E-state index is 0.0465. The Morgan fingerprint density at radius 2 is 2.26 bits per heavy atom. The quantitative estimate of drug-likeness (QED) is 0.909. The van der Waals surface area contributed by atoms with Crippen LogP contribution in [0, 0.1) is 6.92 Å². The molecule has 0 fully saturated rings. The second-order valence-corrected chi connectivity index (χ2v) is 5.08. The maximum absolute atomic E-state index is 11.9. The Morgan fingerprint density at radius 1 is 1.53 bits per heavy atom. The van der Waals surface area contributed by atoms with Crippen molar-refractivity contribution < 1.29 is 9.90 Å².